The highest BCUT2D eigenvalue weighted by molar-refractivity contribution is 9.10. The molecule has 0 aliphatic heterocycles. The van der Waals surface area contributed by atoms with E-state index >= 15 is 0 Å². The van der Waals surface area contributed by atoms with E-state index in [9.17, 15) is 14.3 Å². The second kappa shape index (κ2) is 7.30. The first-order chi connectivity index (χ1) is 8.52. The summed E-state index contributed by atoms with van der Waals surface area (Å²) >= 11 is 3.02. The van der Waals surface area contributed by atoms with Crippen LogP contribution in [0.5, 0.6) is 0 Å². The van der Waals surface area contributed by atoms with Gasteiger partial charge in [0.2, 0.25) is 0 Å². The predicted octanol–water partition coefficient (Wildman–Crippen LogP) is 1.72. The smallest absolute Gasteiger partial charge is 0.319 e. The lowest BCUT2D eigenvalue weighted by molar-refractivity contribution is 0.0663. The van der Waals surface area contributed by atoms with Crippen molar-refractivity contribution in [3.8, 4) is 0 Å². The lowest BCUT2D eigenvalue weighted by Gasteiger charge is -2.11. The average molecular weight is 321 g/mol. The van der Waals surface area contributed by atoms with E-state index < -0.39 is 18.0 Å². The van der Waals surface area contributed by atoms with Crippen LogP contribution in [0.1, 0.15) is 0 Å². The Morgan fingerprint density at radius 2 is 2.33 bits per heavy atom. The summed E-state index contributed by atoms with van der Waals surface area (Å²) in [4.78, 5) is 11.4. The first-order valence-electron chi connectivity index (χ1n) is 5.20. The van der Waals surface area contributed by atoms with Gasteiger partial charge < -0.3 is 20.5 Å². The summed E-state index contributed by atoms with van der Waals surface area (Å²) in [7, 11) is 1.46. The van der Waals surface area contributed by atoms with Crippen molar-refractivity contribution in [1.82, 2.24) is 5.32 Å². The zero-order valence-corrected chi connectivity index (χ0v) is 11.3. The number of aliphatic hydroxyl groups excluding tert-OH is 1. The summed E-state index contributed by atoms with van der Waals surface area (Å²) in [5.74, 6) is -0.406. The molecule has 0 aliphatic rings. The van der Waals surface area contributed by atoms with E-state index in [1.807, 2.05) is 0 Å². The number of nitrogens with one attached hydrogen (secondary N) is 2. The highest BCUT2D eigenvalue weighted by Crippen LogP contribution is 2.19. The molecule has 5 nitrogen and oxygen atoms in total. The molecule has 0 aromatic heterocycles. The molecule has 100 valence electrons. The van der Waals surface area contributed by atoms with Gasteiger partial charge in [-0.05, 0) is 34.1 Å². The summed E-state index contributed by atoms with van der Waals surface area (Å²) in [5.41, 5.74) is 0.446. The van der Waals surface area contributed by atoms with Gasteiger partial charge in [0.05, 0.1) is 17.2 Å². The number of rotatable bonds is 5. The molecule has 3 N–H and O–H groups in total. The third-order valence-electron chi connectivity index (χ3n) is 2.03. The Balaban J connectivity index is 2.42. The number of ether oxygens (including phenoxy) is 1. The van der Waals surface area contributed by atoms with E-state index in [4.69, 9.17) is 4.74 Å². The number of benzene rings is 1. The maximum Gasteiger partial charge on any atom is 0.319 e. The lowest BCUT2D eigenvalue weighted by Crippen LogP contribution is -2.37. The number of urea groups is 1. The van der Waals surface area contributed by atoms with Crippen molar-refractivity contribution >= 4 is 27.6 Å². The molecule has 1 aromatic rings. The molecule has 1 rings (SSSR count). The van der Waals surface area contributed by atoms with Gasteiger partial charge in [-0.2, -0.15) is 0 Å². The number of anilines is 1. The van der Waals surface area contributed by atoms with E-state index in [0.717, 1.165) is 0 Å². The van der Waals surface area contributed by atoms with Crippen LogP contribution in [0.3, 0.4) is 0 Å². The lowest BCUT2D eigenvalue weighted by atomic mass is 10.3. The first-order valence-corrected chi connectivity index (χ1v) is 5.99. The number of carbonyl (C=O) groups excluding carboxylic acids is 1. The Morgan fingerprint density at radius 1 is 1.61 bits per heavy atom. The third kappa shape index (κ3) is 4.99. The first kappa shape index (κ1) is 14.9. The molecule has 0 aliphatic carbocycles. The molecule has 2 amide bonds. The largest absolute Gasteiger partial charge is 0.389 e. The molecule has 1 atom stereocenters. The van der Waals surface area contributed by atoms with Crippen molar-refractivity contribution in [2.24, 2.45) is 0 Å². The second-order valence-corrected chi connectivity index (χ2v) is 4.43. The fourth-order valence-corrected chi connectivity index (χ4v) is 1.59. The molecule has 0 fully saturated rings. The van der Waals surface area contributed by atoms with Gasteiger partial charge in [-0.15, -0.1) is 0 Å². The minimum atomic E-state index is -0.763. The van der Waals surface area contributed by atoms with Gasteiger partial charge >= 0.3 is 6.03 Å². The fraction of sp³-hybridized carbons (Fsp3) is 0.364. The maximum atomic E-state index is 13.0. The second-order valence-electron chi connectivity index (χ2n) is 3.57. The van der Waals surface area contributed by atoms with Crippen LogP contribution in [0.15, 0.2) is 22.7 Å². The molecular formula is C11H14BrFN2O3. The summed E-state index contributed by atoms with van der Waals surface area (Å²) < 4.78 is 17.9. The molecule has 0 spiro atoms. The molecule has 1 aromatic carbocycles. The molecule has 18 heavy (non-hydrogen) atoms. The molecule has 0 saturated carbocycles. The van der Waals surface area contributed by atoms with Gasteiger partial charge in [-0.3, -0.25) is 0 Å². The number of carbonyl (C=O) groups is 1. The number of hydrogen-bond donors (Lipinski definition) is 3. The monoisotopic (exact) mass is 320 g/mol. The van der Waals surface area contributed by atoms with Crippen LogP contribution < -0.4 is 10.6 Å². The standard InChI is InChI=1S/C11H14BrFN2O3/c1-18-6-8(16)5-14-11(17)15-7-2-3-10(13)9(12)4-7/h2-4,8,16H,5-6H2,1H3,(H2,14,15,17). The van der Waals surface area contributed by atoms with Crippen LogP contribution in [-0.2, 0) is 4.74 Å². The van der Waals surface area contributed by atoms with E-state index in [1.165, 1.54) is 25.3 Å². The number of methoxy groups -OCH3 is 1. The summed E-state index contributed by atoms with van der Waals surface area (Å²) in [6.07, 6.45) is -0.763. The van der Waals surface area contributed by atoms with E-state index in [0.29, 0.717) is 5.69 Å². The molecule has 0 radical (unpaired) electrons. The Hall–Kier alpha value is -1.18. The molecule has 0 saturated heterocycles. The van der Waals surface area contributed by atoms with E-state index in [1.54, 1.807) is 0 Å². The minimum Gasteiger partial charge on any atom is -0.389 e. The van der Waals surface area contributed by atoms with Crippen molar-refractivity contribution in [3.05, 3.63) is 28.5 Å². The average Bonchev–Trinajstić information content (AvgIpc) is 2.32. The van der Waals surface area contributed by atoms with Crippen LogP contribution in [-0.4, -0.2) is 37.5 Å². The molecule has 7 heteroatoms. The Bertz CT molecular complexity index is 417. The Morgan fingerprint density at radius 3 is 2.94 bits per heavy atom. The van der Waals surface area contributed by atoms with Gasteiger partial charge in [0.25, 0.3) is 0 Å². The maximum absolute atomic E-state index is 13.0. The van der Waals surface area contributed by atoms with Crippen LogP contribution in [0.2, 0.25) is 0 Å². The Kier molecular flexibility index (Phi) is 6.03. The predicted molar refractivity (Wildman–Crippen MR) is 69.0 cm³/mol. The van der Waals surface area contributed by atoms with Crippen LogP contribution in [0.4, 0.5) is 14.9 Å². The van der Waals surface area contributed by atoms with Gasteiger partial charge in [-0.1, -0.05) is 0 Å². The van der Waals surface area contributed by atoms with Gasteiger partial charge in [0.15, 0.2) is 0 Å². The van der Waals surface area contributed by atoms with E-state index in [2.05, 4.69) is 26.6 Å². The van der Waals surface area contributed by atoms with Gasteiger partial charge in [-0.25, -0.2) is 9.18 Å². The number of halogens is 2. The van der Waals surface area contributed by atoms with Crippen molar-refractivity contribution < 1.29 is 19.0 Å². The zero-order chi connectivity index (χ0) is 13.5. The molecular weight excluding hydrogens is 307 g/mol. The number of amides is 2. The number of aliphatic hydroxyl groups is 1. The van der Waals surface area contributed by atoms with Gasteiger partial charge in [0, 0.05) is 19.3 Å². The van der Waals surface area contributed by atoms with Gasteiger partial charge in [0.1, 0.15) is 5.82 Å². The topological polar surface area (TPSA) is 70.6 Å². The van der Waals surface area contributed by atoms with Crippen molar-refractivity contribution in [3.63, 3.8) is 0 Å². The van der Waals surface area contributed by atoms with Crippen LogP contribution >= 0.6 is 15.9 Å². The SMILES string of the molecule is COCC(O)CNC(=O)Nc1ccc(F)c(Br)c1. The Labute approximate surface area is 112 Å². The summed E-state index contributed by atoms with van der Waals surface area (Å²) in [5, 5.41) is 14.3. The highest BCUT2D eigenvalue weighted by Gasteiger charge is 2.07. The zero-order valence-electron chi connectivity index (χ0n) is 9.74. The number of hydrogen-bond acceptors (Lipinski definition) is 3. The van der Waals surface area contributed by atoms with Crippen molar-refractivity contribution in [2.45, 2.75) is 6.10 Å². The van der Waals surface area contributed by atoms with Crippen LogP contribution in [0, 0.1) is 5.82 Å². The van der Waals surface area contributed by atoms with Crippen molar-refractivity contribution in [2.75, 3.05) is 25.6 Å². The van der Waals surface area contributed by atoms with Crippen molar-refractivity contribution in [1.29, 1.82) is 0 Å². The quantitative estimate of drug-likeness (QED) is 0.773. The molecule has 1 unspecified atom stereocenters. The normalized spacial score (nSPS) is 12.0. The van der Waals surface area contributed by atoms with Crippen LogP contribution in [0.25, 0.3) is 0 Å². The fourth-order valence-electron chi connectivity index (χ4n) is 1.21. The summed E-state index contributed by atoms with van der Waals surface area (Å²) in [6, 6.07) is 3.63. The third-order valence-corrected chi connectivity index (χ3v) is 2.64. The van der Waals surface area contributed by atoms with E-state index in [-0.39, 0.29) is 17.6 Å². The highest BCUT2D eigenvalue weighted by atomic mass is 79.9. The molecule has 0 bridgehead atoms. The minimum absolute atomic E-state index is 0.0715. The molecule has 0 heterocycles. The summed E-state index contributed by atoms with van der Waals surface area (Å²) in [6.45, 7) is 0.213.